The number of aryl methyl sites for hydroxylation is 3. The van der Waals surface area contributed by atoms with Crippen LogP contribution in [0.5, 0.6) is 0 Å². The second-order valence-electron chi connectivity index (χ2n) is 5.43. The molecule has 0 saturated carbocycles. The van der Waals surface area contributed by atoms with Gasteiger partial charge in [0.1, 0.15) is 5.01 Å². The smallest absolute Gasteiger partial charge is 0.313 e. The molecule has 0 fully saturated rings. The van der Waals surface area contributed by atoms with Gasteiger partial charge in [-0.2, -0.15) is 0 Å². The fourth-order valence-electron chi connectivity index (χ4n) is 2.42. The van der Waals surface area contributed by atoms with E-state index in [4.69, 9.17) is 0 Å². The van der Waals surface area contributed by atoms with Gasteiger partial charge in [0.25, 0.3) is 5.56 Å². The molecule has 0 aliphatic carbocycles. The Bertz CT molecular complexity index is 983. The molecule has 0 spiro atoms. The average Bonchev–Trinajstić information content (AvgIpc) is 3.10. The van der Waals surface area contributed by atoms with Crippen molar-refractivity contribution >= 4 is 34.3 Å². The van der Waals surface area contributed by atoms with Gasteiger partial charge in [-0.3, -0.25) is 14.3 Å². The van der Waals surface area contributed by atoms with Crippen LogP contribution in [0.2, 0.25) is 0 Å². The highest BCUT2D eigenvalue weighted by Gasteiger charge is 2.19. The van der Waals surface area contributed by atoms with Gasteiger partial charge in [-0.15, -0.1) is 10.2 Å². The Labute approximate surface area is 146 Å². The van der Waals surface area contributed by atoms with E-state index in [0.717, 1.165) is 28.6 Å². The van der Waals surface area contributed by atoms with E-state index in [9.17, 15) is 9.59 Å². The number of hydrogen-bond acceptors (Lipinski definition) is 7. The number of aromatic amines is 1. The molecule has 3 heterocycles. The van der Waals surface area contributed by atoms with Crippen molar-refractivity contribution in [3.8, 4) is 0 Å². The van der Waals surface area contributed by atoms with E-state index in [1.165, 1.54) is 27.7 Å². The topological polar surface area (TPSA) is 98.5 Å². The molecule has 24 heavy (non-hydrogen) atoms. The fraction of sp³-hybridized carbons (Fsp3) is 0.500. The average molecular weight is 366 g/mol. The minimum Gasteiger partial charge on any atom is -0.313 e. The molecule has 3 aromatic rings. The summed E-state index contributed by atoms with van der Waals surface area (Å²) in [4.78, 5) is 31.0. The van der Waals surface area contributed by atoms with E-state index in [0.29, 0.717) is 22.9 Å². The summed E-state index contributed by atoms with van der Waals surface area (Å²) in [5, 5.41) is 9.64. The lowest BCUT2D eigenvalue weighted by atomic mass is 10.2. The normalized spacial score (nSPS) is 11.5. The molecule has 10 heteroatoms. The molecule has 8 nitrogen and oxygen atoms in total. The molecule has 0 aliphatic heterocycles. The first-order valence-corrected chi connectivity index (χ1v) is 9.32. The van der Waals surface area contributed by atoms with Crippen molar-refractivity contribution in [1.29, 1.82) is 0 Å². The zero-order valence-corrected chi connectivity index (χ0v) is 15.3. The van der Waals surface area contributed by atoms with Gasteiger partial charge in [-0.25, -0.2) is 9.78 Å². The van der Waals surface area contributed by atoms with Gasteiger partial charge >= 0.3 is 5.69 Å². The molecule has 3 rings (SSSR count). The third kappa shape index (κ3) is 3.16. The van der Waals surface area contributed by atoms with Crippen molar-refractivity contribution in [2.24, 2.45) is 7.05 Å². The van der Waals surface area contributed by atoms with E-state index >= 15 is 0 Å². The lowest BCUT2D eigenvalue weighted by molar-refractivity contribution is 0.577. The third-order valence-electron chi connectivity index (χ3n) is 3.64. The molecular weight excluding hydrogens is 348 g/mol. The lowest BCUT2D eigenvalue weighted by Crippen LogP contribution is -2.29. The molecule has 0 atom stereocenters. The molecule has 1 N–H and O–H groups in total. The standard InChI is InChI=1S/C14H18N6O2S2/c1-4-5-6-7-20-9-10(19(3)12(22)16-11(9)21)15-13(20)24-14-18-17-8(2)23-14/h4-7H2,1-3H3,(H,16,21,22). The van der Waals surface area contributed by atoms with Crippen molar-refractivity contribution in [3.63, 3.8) is 0 Å². The first-order chi connectivity index (χ1) is 11.5. The third-order valence-corrected chi connectivity index (χ3v) is 5.53. The van der Waals surface area contributed by atoms with Gasteiger partial charge < -0.3 is 4.57 Å². The first kappa shape index (κ1) is 16.9. The SMILES string of the molecule is CCCCCn1c(Sc2nnc(C)s2)nc2c1c(=O)[nH]c(=O)n2C. The summed E-state index contributed by atoms with van der Waals surface area (Å²) in [6.07, 6.45) is 3.08. The highest BCUT2D eigenvalue weighted by molar-refractivity contribution is 8.00. The number of imidazole rings is 1. The Balaban J connectivity index is 2.13. The molecular formula is C14H18N6O2S2. The molecule has 0 unspecified atom stereocenters. The van der Waals surface area contributed by atoms with E-state index < -0.39 is 11.2 Å². The molecule has 0 aliphatic rings. The van der Waals surface area contributed by atoms with E-state index in [-0.39, 0.29) is 0 Å². The predicted molar refractivity (Wildman–Crippen MR) is 93.9 cm³/mol. The Morgan fingerprint density at radius 1 is 1.25 bits per heavy atom. The van der Waals surface area contributed by atoms with Crippen molar-refractivity contribution < 1.29 is 0 Å². The minimum atomic E-state index is -0.464. The fourth-order valence-corrected chi connectivity index (χ4v) is 4.25. The van der Waals surface area contributed by atoms with E-state index in [1.54, 1.807) is 7.05 Å². The molecule has 128 valence electrons. The number of unbranched alkanes of at least 4 members (excludes halogenated alkanes) is 2. The molecule has 0 saturated heterocycles. The Morgan fingerprint density at radius 3 is 2.71 bits per heavy atom. The van der Waals surface area contributed by atoms with Crippen LogP contribution in [0.3, 0.4) is 0 Å². The van der Waals surface area contributed by atoms with Crippen LogP contribution in [0, 0.1) is 6.92 Å². The Hall–Kier alpha value is -1.94. The maximum atomic E-state index is 12.3. The molecule has 0 bridgehead atoms. The minimum absolute atomic E-state index is 0.393. The van der Waals surface area contributed by atoms with Gasteiger partial charge in [0.05, 0.1) is 0 Å². The van der Waals surface area contributed by atoms with Crippen LogP contribution in [0.25, 0.3) is 11.2 Å². The van der Waals surface area contributed by atoms with Gasteiger partial charge in [0.2, 0.25) is 0 Å². The number of H-pyrrole nitrogens is 1. The second-order valence-corrected chi connectivity index (χ2v) is 7.83. The van der Waals surface area contributed by atoms with Gasteiger partial charge in [0.15, 0.2) is 20.7 Å². The summed E-state index contributed by atoms with van der Waals surface area (Å²) in [6, 6.07) is 0. The highest BCUT2D eigenvalue weighted by Crippen LogP contribution is 2.31. The van der Waals surface area contributed by atoms with Crippen LogP contribution >= 0.6 is 23.1 Å². The molecule has 0 amide bonds. The number of nitrogens with one attached hydrogen (secondary N) is 1. The van der Waals surface area contributed by atoms with Crippen LogP contribution in [0.4, 0.5) is 0 Å². The zero-order chi connectivity index (χ0) is 17.3. The number of nitrogens with zero attached hydrogens (tertiary/aromatic N) is 5. The van der Waals surface area contributed by atoms with Crippen LogP contribution in [0.1, 0.15) is 31.2 Å². The van der Waals surface area contributed by atoms with Crippen molar-refractivity contribution in [2.75, 3.05) is 0 Å². The highest BCUT2D eigenvalue weighted by atomic mass is 32.2. The lowest BCUT2D eigenvalue weighted by Gasteiger charge is -2.06. The summed E-state index contributed by atoms with van der Waals surface area (Å²) >= 11 is 2.84. The molecule has 3 aromatic heterocycles. The summed E-state index contributed by atoms with van der Waals surface area (Å²) in [7, 11) is 1.60. The number of hydrogen-bond donors (Lipinski definition) is 1. The van der Waals surface area contributed by atoms with Crippen LogP contribution in [-0.4, -0.2) is 29.3 Å². The Kier molecular flexibility index (Phi) is 4.86. The van der Waals surface area contributed by atoms with Crippen molar-refractivity contribution in [3.05, 3.63) is 25.8 Å². The van der Waals surface area contributed by atoms with Crippen molar-refractivity contribution in [1.82, 2.24) is 29.3 Å². The quantitative estimate of drug-likeness (QED) is 0.669. The molecule has 0 radical (unpaired) electrons. The van der Waals surface area contributed by atoms with E-state index in [1.807, 2.05) is 11.5 Å². The summed E-state index contributed by atoms with van der Waals surface area (Å²) in [5.41, 5.74) is -0.0488. The largest absolute Gasteiger partial charge is 0.329 e. The van der Waals surface area contributed by atoms with Gasteiger partial charge in [-0.1, -0.05) is 31.1 Å². The van der Waals surface area contributed by atoms with Crippen molar-refractivity contribution in [2.45, 2.75) is 49.2 Å². The van der Waals surface area contributed by atoms with Crippen LogP contribution < -0.4 is 11.2 Å². The molecule has 0 aromatic carbocycles. The monoisotopic (exact) mass is 366 g/mol. The maximum Gasteiger partial charge on any atom is 0.329 e. The predicted octanol–water partition coefficient (Wildman–Crippen LogP) is 1.92. The van der Waals surface area contributed by atoms with Gasteiger partial charge in [0, 0.05) is 13.6 Å². The Morgan fingerprint density at radius 2 is 2.04 bits per heavy atom. The van der Waals surface area contributed by atoms with Crippen LogP contribution in [-0.2, 0) is 13.6 Å². The first-order valence-electron chi connectivity index (χ1n) is 7.68. The number of aromatic nitrogens is 6. The maximum absolute atomic E-state index is 12.3. The summed E-state index contributed by atoms with van der Waals surface area (Å²) < 4.78 is 4.01. The number of fused-ring (bicyclic) bond motifs is 1. The van der Waals surface area contributed by atoms with Crippen LogP contribution in [0.15, 0.2) is 19.1 Å². The van der Waals surface area contributed by atoms with Gasteiger partial charge in [-0.05, 0) is 25.1 Å². The zero-order valence-electron chi connectivity index (χ0n) is 13.7. The van der Waals surface area contributed by atoms with E-state index in [2.05, 4.69) is 27.1 Å². The summed E-state index contributed by atoms with van der Waals surface area (Å²) in [5.74, 6) is 0. The second kappa shape index (κ2) is 6.89. The summed E-state index contributed by atoms with van der Waals surface area (Å²) in [6.45, 7) is 4.69. The number of rotatable bonds is 6.